The Kier molecular flexibility index (Phi) is 5.25. The van der Waals surface area contributed by atoms with E-state index in [0.717, 1.165) is 31.2 Å². The molecule has 2 atom stereocenters. The lowest BCUT2D eigenvalue weighted by molar-refractivity contribution is -0.141. The van der Waals surface area contributed by atoms with Crippen LogP contribution in [0.3, 0.4) is 0 Å². The molecule has 24 heavy (non-hydrogen) atoms. The highest BCUT2D eigenvalue weighted by molar-refractivity contribution is 6.05. The standard InChI is InChI=1S/C18H22N2O4/c21-16(19-24-12-13-6-2-1-3-7-13)10-11-20-17(22)14-8-4-5-9-15(14)18(20)23/h1-3,6-7,14-15H,4-5,8-12H2,(H,19,21). The van der Waals surface area contributed by atoms with E-state index in [4.69, 9.17) is 4.84 Å². The first-order valence-electron chi connectivity index (χ1n) is 8.46. The van der Waals surface area contributed by atoms with Crippen molar-refractivity contribution < 1.29 is 19.2 Å². The van der Waals surface area contributed by atoms with E-state index >= 15 is 0 Å². The highest BCUT2D eigenvalue weighted by atomic mass is 16.6. The molecule has 6 nitrogen and oxygen atoms in total. The van der Waals surface area contributed by atoms with Crippen molar-refractivity contribution in [3.05, 3.63) is 35.9 Å². The van der Waals surface area contributed by atoms with E-state index in [9.17, 15) is 14.4 Å². The molecule has 128 valence electrons. The van der Waals surface area contributed by atoms with E-state index in [1.54, 1.807) is 0 Å². The Bertz CT molecular complexity index is 593. The highest BCUT2D eigenvalue weighted by Crippen LogP contribution is 2.37. The van der Waals surface area contributed by atoms with Gasteiger partial charge in [-0.2, -0.15) is 0 Å². The van der Waals surface area contributed by atoms with Gasteiger partial charge in [-0.3, -0.25) is 24.1 Å². The number of hydroxylamine groups is 1. The van der Waals surface area contributed by atoms with Gasteiger partial charge in [0.15, 0.2) is 0 Å². The van der Waals surface area contributed by atoms with Crippen LogP contribution in [0.5, 0.6) is 0 Å². The maximum Gasteiger partial charge on any atom is 0.245 e. The summed E-state index contributed by atoms with van der Waals surface area (Å²) < 4.78 is 0. The van der Waals surface area contributed by atoms with Gasteiger partial charge in [0.25, 0.3) is 0 Å². The number of nitrogens with one attached hydrogen (secondary N) is 1. The first kappa shape index (κ1) is 16.6. The van der Waals surface area contributed by atoms with Crippen LogP contribution in [0.25, 0.3) is 0 Å². The predicted molar refractivity (Wildman–Crippen MR) is 86.2 cm³/mol. The van der Waals surface area contributed by atoms with Crippen LogP contribution in [0.2, 0.25) is 0 Å². The summed E-state index contributed by atoms with van der Waals surface area (Å²) in [6.45, 7) is 0.406. The first-order valence-corrected chi connectivity index (χ1v) is 8.46. The number of rotatable bonds is 6. The number of carbonyl (C=O) groups is 3. The molecule has 0 spiro atoms. The van der Waals surface area contributed by atoms with Gasteiger partial charge in [0, 0.05) is 13.0 Å². The third-order valence-corrected chi connectivity index (χ3v) is 4.76. The third-order valence-electron chi connectivity index (χ3n) is 4.76. The molecule has 2 aliphatic rings. The van der Waals surface area contributed by atoms with Crippen molar-refractivity contribution in [2.45, 2.75) is 38.7 Å². The topological polar surface area (TPSA) is 75.7 Å². The van der Waals surface area contributed by atoms with Gasteiger partial charge in [0.05, 0.1) is 18.4 Å². The second kappa shape index (κ2) is 7.57. The zero-order chi connectivity index (χ0) is 16.9. The van der Waals surface area contributed by atoms with E-state index in [-0.39, 0.29) is 49.1 Å². The number of fused-ring (bicyclic) bond motifs is 1. The third kappa shape index (κ3) is 3.64. The number of hydrogen-bond acceptors (Lipinski definition) is 4. The van der Waals surface area contributed by atoms with Gasteiger partial charge >= 0.3 is 0 Å². The van der Waals surface area contributed by atoms with Crippen LogP contribution in [-0.2, 0) is 25.8 Å². The average Bonchev–Trinajstić information content (AvgIpc) is 2.85. The number of amides is 3. The molecule has 1 aromatic rings. The van der Waals surface area contributed by atoms with Crippen LogP contribution in [0.4, 0.5) is 0 Å². The molecule has 1 N–H and O–H groups in total. The molecular formula is C18H22N2O4. The molecule has 3 rings (SSSR count). The van der Waals surface area contributed by atoms with Crippen LogP contribution < -0.4 is 5.48 Å². The minimum absolute atomic E-state index is 0.0612. The van der Waals surface area contributed by atoms with Gasteiger partial charge in [-0.15, -0.1) is 0 Å². The lowest BCUT2D eigenvalue weighted by Gasteiger charge is -2.19. The van der Waals surface area contributed by atoms with Gasteiger partial charge in [-0.1, -0.05) is 43.2 Å². The summed E-state index contributed by atoms with van der Waals surface area (Å²) in [5.74, 6) is -0.876. The SMILES string of the molecule is O=C(CCN1C(=O)C2CCCCC2C1=O)NOCc1ccccc1. The number of imide groups is 1. The highest BCUT2D eigenvalue weighted by Gasteiger charge is 2.47. The van der Waals surface area contributed by atoms with Crippen molar-refractivity contribution in [1.29, 1.82) is 0 Å². The minimum Gasteiger partial charge on any atom is -0.282 e. The largest absolute Gasteiger partial charge is 0.282 e. The smallest absolute Gasteiger partial charge is 0.245 e. The number of carbonyl (C=O) groups excluding carboxylic acids is 3. The summed E-state index contributed by atoms with van der Waals surface area (Å²) in [7, 11) is 0. The lowest BCUT2D eigenvalue weighted by atomic mass is 9.81. The predicted octanol–water partition coefficient (Wildman–Crippen LogP) is 1.80. The van der Waals surface area contributed by atoms with E-state index in [2.05, 4.69) is 5.48 Å². The maximum atomic E-state index is 12.3. The molecule has 2 fully saturated rings. The van der Waals surface area contributed by atoms with Crippen molar-refractivity contribution in [2.24, 2.45) is 11.8 Å². The monoisotopic (exact) mass is 330 g/mol. The van der Waals surface area contributed by atoms with Crippen molar-refractivity contribution in [3.8, 4) is 0 Å². The van der Waals surface area contributed by atoms with Crippen molar-refractivity contribution in [3.63, 3.8) is 0 Å². The fraction of sp³-hybridized carbons (Fsp3) is 0.500. The minimum atomic E-state index is -0.332. The molecule has 0 radical (unpaired) electrons. The van der Waals surface area contributed by atoms with Gasteiger partial charge in [-0.05, 0) is 18.4 Å². The van der Waals surface area contributed by atoms with Gasteiger partial charge in [0.1, 0.15) is 0 Å². The second-order valence-corrected chi connectivity index (χ2v) is 6.38. The number of likely N-dealkylation sites (tertiary alicyclic amines) is 1. The number of benzene rings is 1. The number of nitrogens with zero attached hydrogens (tertiary/aromatic N) is 1. The van der Waals surface area contributed by atoms with Crippen LogP contribution in [0.1, 0.15) is 37.7 Å². The molecular weight excluding hydrogens is 308 g/mol. The van der Waals surface area contributed by atoms with E-state index in [0.29, 0.717) is 0 Å². The average molecular weight is 330 g/mol. The molecule has 1 saturated heterocycles. The van der Waals surface area contributed by atoms with Crippen LogP contribution in [0, 0.1) is 11.8 Å². The maximum absolute atomic E-state index is 12.3. The fourth-order valence-corrected chi connectivity index (χ4v) is 3.49. The van der Waals surface area contributed by atoms with Gasteiger partial charge in [0.2, 0.25) is 17.7 Å². The van der Waals surface area contributed by atoms with Crippen LogP contribution in [-0.4, -0.2) is 29.2 Å². The molecule has 1 saturated carbocycles. The molecule has 0 aromatic heterocycles. The Hall–Kier alpha value is -2.21. The van der Waals surface area contributed by atoms with Gasteiger partial charge < -0.3 is 0 Å². The van der Waals surface area contributed by atoms with Gasteiger partial charge in [-0.25, -0.2) is 5.48 Å². The first-order chi connectivity index (χ1) is 11.7. The fourth-order valence-electron chi connectivity index (χ4n) is 3.49. The summed E-state index contributed by atoms with van der Waals surface area (Å²) >= 11 is 0. The van der Waals surface area contributed by atoms with E-state index in [1.165, 1.54) is 4.90 Å². The number of hydrogen-bond donors (Lipinski definition) is 1. The van der Waals surface area contributed by atoms with Crippen molar-refractivity contribution in [2.75, 3.05) is 6.54 Å². The van der Waals surface area contributed by atoms with Crippen LogP contribution >= 0.6 is 0 Å². The molecule has 1 aliphatic heterocycles. The van der Waals surface area contributed by atoms with E-state index < -0.39 is 0 Å². The summed E-state index contributed by atoms with van der Waals surface area (Å²) in [5, 5.41) is 0. The Labute approximate surface area is 141 Å². The molecule has 6 heteroatoms. The molecule has 1 aliphatic carbocycles. The molecule has 3 amide bonds. The summed E-state index contributed by atoms with van der Waals surface area (Å²) in [4.78, 5) is 42.9. The Morgan fingerprint density at radius 1 is 1.08 bits per heavy atom. The van der Waals surface area contributed by atoms with Crippen LogP contribution in [0.15, 0.2) is 30.3 Å². The normalized spacial score (nSPS) is 23.2. The quantitative estimate of drug-likeness (QED) is 0.637. The zero-order valence-corrected chi connectivity index (χ0v) is 13.6. The lowest BCUT2D eigenvalue weighted by Crippen LogP contribution is -2.35. The van der Waals surface area contributed by atoms with Crippen molar-refractivity contribution in [1.82, 2.24) is 10.4 Å². The molecule has 0 bridgehead atoms. The van der Waals surface area contributed by atoms with Crippen molar-refractivity contribution >= 4 is 17.7 Å². The summed E-state index contributed by atoms with van der Waals surface area (Å²) in [5.41, 5.74) is 3.31. The molecule has 2 unspecified atom stereocenters. The molecule has 1 heterocycles. The zero-order valence-electron chi connectivity index (χ0n) is 13.6. The van der Waals surface area contributed by atoms with E-state index in [1.807, 2.05) is 30.3 Å². The Morgan fingerprint density at radius 3 is 2.33 bits per heavy atom. The molecule has 1 aromatic carbocycles. The Balaban J connectivity index is 1.42. The summed E-state index contributed by atoms with van der Waals surface area (Å²) in [6, 6.07) is 9.49. The summed E-state index contributed by atoms with van der Waals surface area (Å²) in [6.07, 6.45) is 3.64. The second-order valence-electron chi connectivity index (χ2n) is 6.38. The Morgan fingerprint density at radius 2 is 1.71 bits per heavy atom.